The Morgan fingerprint density at radius 2 is 2.04 bits per heavy atom. The normalized spacial score (nSPS) is 22.0. The number of carbonyl (C=O) groups is 1. The zero-order valence-corrected chi connectivity index (χ0v) is 12.8. The van der Waals surface area contributed by atoms with Crippen LogP contribution in [0.1, 0.15) is 17.3 Å². The number of aryl methyl sites for hydroxylation is 1. The summed E-state index contributed by atoms with van der Waals surface area (Å²) in [5.74, 6) is -3.08. The number of anilines is 1. The average Bonchev–Trinajstić information content (AvgIpc) is 3.14. The molecule has 0 saturated carbocycles. The van der Waals surface area contributed by atoms with E-state index >= 15 is 4.39 Å². The lowest BCUT2D eigenvalue weighted by molar-refractivity contribution is 0.0695. The molecule has 2 saturated heterocycles. The molecule has 24 heavy (non-hydrogen) atoms. The molecular weight excluding hydrogens is 320 g/mol. The molecule has 4 rings (SSSR count). The molecule has 6 nitrogen and oxygen atoms in total. The van der Waals surface area contributed by atoms with Crippen molar-refractivity contribution in [1.29, 1.82) is 0 Å². The molecule has 0 aliphatic carbocycles. The van der Waals surface area contributed by atoms with E-state index in [0.29, 0.717) is 13.1 Å². The molecule has 2 aliphatic rings. The first-order valence-electron chi connectivity index (χ1n) is 7.71. The van der Waals surface area contributed by atoms with Gasteiger partial charge in [-0.25, -0.2) is 13.6 Å². The molecule has 2 aromatic rings. The van der Waals surface area contributed by atoms with E-state index in [9.17, 15) is 14.0 Å². The first-order valence-corrected chi connectivity index (χ1v) is 7.71. The summed E-state index contributed by atoms with van der Waals surface area (Å²) in [5.41, 5.74) is -1.58. The van der Waals surface area contributed by atoms with E-state index in [1.54, 1.807) is 11.8 Å². The first kappa shape index (κ1) is 15.1. The quantitative estimate of drug-likeness (QED) is 0.822. The van der Waals surface area contributed by atoms with Gasteiger partial charge in [0.05, 0.1) is 10.9 Å². The number of hydrogen-bond acceptors (Lipinski definition) is 4. The topological polar surface area (TPSA) is 84.5 Å². The zero-order chi connectivity index (χ0) is 17.2. The van der Waals surface area contributed by atoms with Crippen LogP contribution >= 0.6 is 0 Å². The number of nitrogens with one attached hydrogen (secondary N) is 1. The average molecular weight is 335 g/mol. The predicted octanol–water partition coefficient (Wildman–Crippen LogP) is 1.16. The van der Waals surface area contributed by atoms with Gasteiger partial charge in [-0.1, -0.05) is 0 Å². The van der Waals surface area contributed by atoms with E-state index in [-0.39, 0.29) is 35.2 Å². The van der Waals surface area contributed by atoms with Crippen LogP contribution in [0, 0.1) is 11.6 Å². The van der Waals surface area contributed by atoms with Crippen molar-refractivity contribution >= 4 is 22.6 Å². The van der Waals surface area contributed by atoms with Crippen molar-refractivity contribution in [1.82, 2.24) is 9.88 Å². The van der Waals surface area contributed by atoms with Crippen LogP contribution in [0.4, 0.5) is 14.5 Å². The van der Waals surface area contributed by atoms with E-state index in [1.807, 2.05) is 0 Å². The molecule has 2 unspecified atom stereocenters. The van der Waals surface area contributed by atoms with Crippen LogP contribution in [-0.2, 0) is 6.54 Å². The summed E-state index contributed by atoms with van der Waals surface area (Å²) < 4.78 is 30.9. The number of pyridine rings is 1. The van der Waals surface area contributed by atoms with Crippen LogP contribution < -0.4 is 15.6 Å². The van der Waals surface area contributed by atoms with Gasteiger partial charge in [0, 0.05) is 37.9 Å². The Balaban J connectivity index is 2.00. The summed E-state index contributed by atoms with van der Waals surface area (Å²) in [4.78, 5) is 25.1. The number of halogens is 2. The second-order valence-electron chi connectivity index (χ2n) is 6.16. The highest BCUT2D eigenvalue weighted by Crippen LogP contribution is 2.34. The van der Waals surface area contributed by atoms with E-state index < -0.39 is 28.6 Å². The lowest BCUT2D eigenvalue weighted by Crippen LogP contribution is -2.29. The van der Waals surface area contributed by atoms with Gasteiger partial charge >= 0.3 is 5.97 Å². The van der Waals surface area contributed by atoms with Gasteiger partial charge in [-0.15, -0.1) is 0 Å². The molecule has 2 atom stereocenters. The van der Waals surface area contributed by atoms with Gasteiger partial charge in [0.2, 0.25) is 5.43 Å². The van der Waals surface area contributed by atoms with E-state index in [2.05, 4.69) is 5.32 Å². The highest BCUT2D eigenvalue weighted by atomic mass is 19.1. The van der Waals surface area contributed by atoms with E-state index in [0.717, 1.165) is 12.3 Å². The Bertz CT molecular complexity index is 931. The predicted molar refractivity (Wildman–Crippen MR) is 83.7 cm³/mol. The number of aromatic nitrogens is 1. The fourth-order valence-corrected chi connectivity index (χ4v) is 3.48. The number of nitrogens with zero attached hydrogens (tertiary/aromatic N) is 2. The Morgan fingerprint density at radius 1 is 1.38 bits per heavy atom. The van der Waals surface area contributed by atoms with Crippen molar-refractivity contribution < 1.29 is 18.7 Å². The maximum absolute atomic E-state index is 15.1. The second-order valence-corrected chi connectivity index (χ2v) is 6.16. The third-order valence-electron chi connectivity index (χ3n) is 4.76. The smallest absolute Gasteiger partial charge is 0.341 e. The van der Waals surface area contributed by atoms with Crippen molar-refractivity contribution in [3.05, 3.63) is 39.7 Å². The molecule has 3 heterocycles. The molecular formula is C16H15F2N3O3. The van der Waals surface area contributed by atoms with Gasteiger partial charge in [0.25, 0.3) is 0 Å². The van der Waals surface area contributed by atoms with Crippen molar-refractivity contribution in [2.45, 2.75) is 25.6 Å². The summed E-state index contributed by atoms with van der Waals surface area (Å²) in [6.45, 7) is 2.97. The highest BCUT2D eigenvalue weighted by Gasteiger charge is 2.46. The van der Waals surface area contributed by atoms with Crippen LogP contribution in [0.15, 0.2) is 17.1 Å². The Labute approximate surface area is 135 Å². The summed E-state index contributed by atoms with van der Waals surface area (Å²) >= 11 is 0. The number of rotatable bonds is 3. The number of piperazine rings is 1. The minimum absolute atomic E-state index is 0.0579. The Morgan fingerprint density at radius 3 is 2.62 bits per heavy atom. The number of benzene rings is 1. The van der Waals surface area contributed by atoms with E-state index in [4.69, 9.17) is 5.11 Å². The number of hydrogen-bond donors (Lipinski definition) is 2. The molecule has 1 aromatic heterocycles. The zero-order valence-electron chi connectivity index (χ0n) is 12.8. The Kier molecular flexibility index (Phi) is 3.14. The monoisotopic (exact) mass is 335 g/mol. The van der Waals surface area contributed by atoms with Crippen molar-refractivity contribution in [3.8, 4) is 0 Å². The second kappa shape index (κ2) is 5.01. The van der Waals surface area contributed by atoms with Gasteiger partial charge in [-0.3, -0.25) is 4.79 Å². The van der Waals surface area contributed by atoms with Gasteiger partial charge in [-0.05, 0) is 13.0 Å². The SMILES string of the molecule is CCn1cc(C(=O)O)c(=O)c2cc(F)c(N3CC4NC4C3)c(F)c21. The summed E-state index contributed by atoms with van der Waals surface area (Å²) in [7, 11) is 0. The number of aromatic carboxylic acids is 1. The molecule has 0 amide bonds. The fourth-order valence-electron chi connectivity index (χ4n) is 3.48. The van der Waals surface area contributed by atoms with Crippen molar-refractivity contribution in [2.24, 2.45) is 0 Å². The maximum Gasteiger partial charge on any atom is 0.341 e. The summed E-state index contributed by atoms with van der Waals surface area (Å²) in [6, 6.07) is 1.45. The van der Waals surface area contributed by atoms with Crippen LogP contribution in [0.2, 0.25) is 0 Å². The number of carboxylic acid groups (broad SMARTS) is 1. The Hall–Kier alpha value is -2.48. The van der Waals surface area contributed by atoms with Gasteiger partial charge in [0.1, 0.15) is 17.1 Å². The standard InChI is InChI=1S/C16H15F2N3O3/c1-2-20-4-8(16(23)24)15(22)7-3-9(17)14(12(18)13(7)20)21-5-10-11(6-21)19-10/h3-4,10-11,19H,2,5-6H2,1H3,(H,23,24). The van der Waals surface area contributed by atoms with Gasteiger partial charge < -0.3 is 19.9 Å². The third kappa shape index (κ3) is 2.02. The van der Waals surface area contributed by atoms with Crippen molar-refractivity contribution in [2.75, 3.05) is 18.0 Å². The molecule has 2 aliphatic heterocycles. The molecule has 2 fully saturated rings. The molecule has 2 N–H and O–H groups in total. The van der Waals surface area contributed by atoms with E-state index in [1.165, 1.54) is 4.57 Å². The number of fused-ring (bicyclic) bond motifs is 2. The molecule has 126 valence electrons. The molecule has 0 spiro atoms. The van der Waals surface area contributed by atoms with Crippen LogP contribution in [0.3, 0.4) is 0 Å². The van der Waals surface area contributed by atoms with Crippen LogP contribution in [-0.4, -0.2) is 40.8 Å². The largest absolute Gasteiger partial charge is 0.477 e. The maximum atomic E-state index is 15.1. The lowest BCUT2D eigenvalue weighted by Gasteiger charge is -2.23. The van der Waals surface area contributed by atoms with Gasteiger partial charge in [0.15, 0.2) is 5.82 Å². The third-order valence-corrected chi connectivity index (χ3v) is 4.76. The van der Waals surface area contributed by atoms with Crippen molar-refractivity contribution in [3.63, 3.8) is 0 Å². The molecule has 8 heteroatoms. The highest BCUT2D eigenvalue weighted by molar-refractivity contribution is 5.93. The minimum atomic E-state index is -1.42. The van der Waals surface area contributed by atoms with Gasteiger partial charge in [-0.2, -0.15) is 0 Å². The molecule has 0 radical (unpaired) electrons. The lowest BCUT2D eigenvalue weighted by atomic mass is 10.1. The molecule has 0 bridgehead atoms. The first-order chi connectivity index (χ1) is 11.4. The molecule has 1 aromatic carbocycles. The van der Waals surface area contributed by atoms with Crippen LogP contribution in [0.25, 0.3) is 10.9 Å². The number of carboxylic acids is 1. The minimum Gasteiger partial charge on any atom is -0.477 e. The van der Waals surface area contributed by atoms with Crippen LogP contribution in [0.5, 0.6) is 0 Å². The fraction of sp³-hybridized carbons (Fsp3) is 0.375. The summed E-state index contributed by atoms with van der Waals surface area (Å²) in [5, 5.41) is 12.1. The summed E-state index contributed by atoms with van der Waals surface area (Å²) in [6.07, 6.45) is 1.11.